The minimum absolute atomic E-state index is 0.118. The van der Waals surface area contributed by atoms with Crippen LogP contribution in [0, 0.1) is 5.82 Å². The van der Waals surface area contributed by atoms with Crippen LogP contribution in [-0.2, 0) is 4.74 Å². The Morgan fingerprint density at radius 3 is 2.73 bits per heavy atom. The molecule has 15 heavy (non-hydrogen) atoms. The molecule has 0 amide bonds. The van der Waals surface area contributed by atoms with Crippen molar-refractivity contribution in [3.63, 3.8) is 0 Å². The Balaban J connectivity index is 3.03. The van der Waals surface area contributed by atoms with E-state index in [0.717, 1.165) is 6.07 Å². The first-order valence-corrected chi connectivity index (χ1v) is 4.70. The van der Waals surface area contributed by atoms with E-state index in [4.69, 9.17) is 4.74 Å². The SMILES string of the molecule is CCOC(=O)c1cc(F)cc(B(C)O)c1. The maximum Gasteiger partial charge on any atom is 0.338 e. The Bertz CT molecular complexity index is 366. The van der Waals surface area contributed by atoms with Crippen molar-refractivity contribution in [1.82, 2.24) is 0 Å². The quantitative estimate of drug-likeness (QED) is 0.593. The van der Waals surface area contributed by atoms with E-state index in [1.54, 1.807) is 6.92 Å². The lowest BCUT2D eigenvalue weighted by molar-refractivity contribution is 0.0526. The van der Waals surface area contributed by atoms with Crippen LogP contribution in [0.25, 0.3) is 0 Å². The molecule has 0 spiro atoms. The normalized spacial score (nSPS) is 9.87. The number of ether oxygens (including phenoxy) is 1. The summed E-state index contributed by atoms with van der Waals surface area (Å²) in [6.07, 6.45) is 0. The van der Waals surface area contributed by atoms with Crippen molar-refractivity contribution in [2.24, 2.45) is 0 Å². The summed E-state index contributed by atoms with van der Waals surface area (Å²) in [5.41, 5.74) is 0.478. The van der Waals surface area contributed by atoms with Gasteiger partial charge in [-0.3, -0.25) is 0 Å². The molecule has 1 rings (SSSR count). The minimum Gasteiger partial charge on any atom is -0.462 e. The predicted molar refractivity (Wildman–Crippen MR) is 55.8 cm³/mol. The topological polar surface area (TPSA) is 46.5 Å². The first-order valence-electron chi connectivity index (χ1n) is 4.70. The summed E-state index contributed by atoms with van der Waals surface area (Å²) < 4.78 is 17.8. The highest BCUT2D eigenvalue weighted by atomic mass is 19.1. The highest BCUT2D eigenvalue weighted by Gasteiger charge is 2.13. The molecule has 0 atom stereocenters. The van der Waals surface area contributed by atoms with Crippen LogP contribution in [0.2, 0.25) is 6.82 Å². The third-order valence-electron chi connectivity index (χ3n) is 1.91. The zero-order valence-electron chi connectivity index (χ0n) is 8.66. The third-order valence-corrected chi connectivity index (χ3v) is 1.91. The monoisotopic (exact) mass is 210 g/mol. The van der Waals surface area contributed by atoms with Crippen molar-refractivity contribution < 1.29 is 18.9 Å². The molecule has 0 radical (unpaired) electrons. The zero-order chi connectivity index (χ0) is 11.4. The van der Waals surface area contributed by atoms with Crippen LogP contribution in [0.15, 0.2) is 18.2 Å². The molecular weight excluding hydrogens is 198 g/mol. The van der Waals surface area contributed by atoms with Gasteiger partial charge in [0.2, 0.25) is 0 Å². The fourth-order valence-electron chi connectivity index (χ4n) is 1.19. The molecule has 0 unspecified atom stereocenters. The minimum atomic E-state index is -0.811. The van der Waals surface area contributed by atoms with Crippen molar-refractivity contribution in [1.29, 1.82) is 0 Å². The molecule has 0 bridgehead atoms. The molecule has 1 aromatic rings. The van der Waals surface area contributed by atoms with Gasteiger partial charge in [0, 0.05) is 0 Å². The third kappa shape index (κ3) is 3.06. The number of carbonyl (C=O) groups excluding carboxylic acids is 1. The van der Waals surface area contributed by atoms with Gasteiger partial charge < -0.3 is 9.76 Å². The Labute approximate surface area is 88.0 Å². The average Bonchev–Trinajstić information content (AvgIpc) is 2.17. The van der Waals surface area contributed by atoms with Gasteiger partial charge in [-0.15, -0.1) is 0 Å². The van der Waals surface area contributed by atoms with E-state index < -0.39 is 18.7 Å². The summed E-state index contributed by atoms with van der Waals surface area (Å²) in [5, 5.41) is 9.27. The second kappa shape index (κ2) is 4.93. The fourth-order valence-corrected chi connectivity index (χ4v) is 1.19. The summed E-state index contributed by atoms with van der Waals surface area (Å²) >= 11 is 0. The summed E-state index contributed by atoms with van der Waals surface area (Å²) in [7, 11) is 0. The van der Waals surface area contributed by atoms with E-state index in [-0.39, 0.29) is 12.2 Å². The van der Waals surface area contributed by atoms with Crippen molar-refractivity contribution in [3.8, 4) is 0 Å². The maximum atomic E-state index is 13.1. The van der Waals surface area contributed by atoms with E-state index in [1.165, 1.54) is 19.0 Å². The molecule has 0 heterocycles. The summed E-state index contributed by atoms with van der Waals surface area (Å²) in [4.78, 5) is 11.3. The number of rotatable bonds is 3. The van der Waals surface area contributed by atoms with E-state index in [2.05, 4.69) is 0 Å². The largest absolute Gasteiger partial charge is 0.462 e. The van der Waals surface area contributed by atoms with Crippen LogP contribution in [0.4, 0.5) is 4.39 Å². The van der Waals surface area contributed by atoms with Gasteiger partial charge in [-0.25, -0.2) is 9.18 Å². The molecule has 3 nitrogen and oxygen atoms in total. The first-order chi connectivity index (χ1) is 7.04. The van der Waals surface area contributed by atoms with E-state index in [9.17, 15) is 14.2 Å². The van der Waals surface area contributed by atoms with Crippen molar-refractivity contribution in [2.45, 2.75) is 13.7 Å². The van der Waals surface area contributed by atoms with Crippen molar-refractivity contribution in [3.05, 3.63) is 29.6 Å². The number of carbonyl (C=O) groups is 1. The number of hydrogen-bond acceptors (Lipinski definition) is 3. The standard InChI is InChI=1S/C10H12BFO3/c1-3-15-10(13)7-4-8(11(2)14)6-9(12)5-7/h4-6,14H,3H2,1-2H3. The fraction of sp³-hybridized carbons (Fsp3) is 0.300. The molecule has 5 heteroatoms. The summed E-state index contributed by atoms with van der Waals surface area (Å²) in [6, 6.07) is 3.70. The Morgan fingerprint density at radius 1 is 1.53 bits per heavy atom. The highest BCUT2D eigenvalue weighted by molar-refractivity contribution is 6.64. The number of esters is 1. The Kier molecular flexibility index (Phi) is 3.85. The lowest BCUT2D eigenvalue weighted by Gasteiger charge is -2.05. The maximum absolute atomic E-state index is 13.1. The van der Waals surface area contributed by atoms with Gasteiger partial charge in [-0.05, 0) is 24.5 Å². The van der Waals surface area contributed by atoms with Crippen LogP contribution >= 0.6 is 0 Å². The molecule has 0 saturated heterocycles. The predicted octanol–water partition coefficient (Wildman–Crippen LogP) is 0.823. The van der Waals surface area contributed by atoms with Crippen molar-refractivity contribution >= 4 is 18.3 Å². The van der Waals surface area contributed by atoms with E-state index in [0.29, 0.717) is 5.46 Å². The van der Waals surface area contributed by atoms with Gasteiger partial charge in [0.1, 0.15) is 5.82 Å². The number of benzene rings is 1. The molecular formula is C10H12BFO3. The second-order valence-corrected chi connectivity index (χ2v) is 3.17. The van der Waals surface area contributed by atoms with Gasteiger partial charge in [0.15, 0.2) is 0 Å². The van der Waals surface area contributed by atoms with Gasteiger partial charge in [0.25, 0.3) is 0 Å². The Hall–Kier alpha value is -1.36. The summed E-state index contributed by atoms with van der Waals surface area (Å²) in [6.45, 7) is 2.60. The van der Waals surface area contributed by atoms with E-state index in [1.807, 2.05) is 0 Å². The van der Waals surface area contributed by atoms with Crippen LogP contribution in [0.3, 0.4) is 0 Å². The smallest absolute Gasteiger partial charge is 0.338 e. The molecule has 0 saturated carbocycles. The Morgan fingerprint density at radius 2 is 2.20 bits per heavy atom. The number of hydrogen-bond donors (Lipinski definition) is 1. The molecule has 0 aromatic heterocycles. The van der Waals surface area contributed by atoms with Crippen LogP contribution < -0.4 is 5.46 Å². The molecule has 0 fully saturated rings. The van der Waals surface area contributed by atoms with E-state index >= 15 is 0 Å². The average molecular weight is 210 g/mol. The van der Waals surface area contributed by atoms with Crippen LogP contribution in [0.5, 0.6) is 0 Å². The summed E-state index contributed by atoms with van der Waals surface area (Å²) in [5.74, 6) is -1.14. The lowest BCUT2D eigenvalue weighted by atomic mass is 9.64. The number of halogens is 1. The highest BCUT2D eigenvalue weighted by Crippen LogP contribution is 2.04. The van der Waals surface area contributed by atoms with Crippen LogP contribution in [-0.4, -0.2) is 24.5 Å². The molecule has 0 aliphatic carbocycles. The second-order valence-electron chi connectivity index (χ2n) is 3.17. The van der Waals surface area contributed by atoms with Crippen LogP contribution in [0.1, 0.15) is 17.3 Å². The zero-order valence-corrected chi connectivity index (χ0v) is 8.66. The molecule has 80 valence electrons. The molecule has 0 aliphatic rings. The van der Waals surface area contributed by atoms with Crippen molar-refractivity contribution in [2.75, 3.05) is 6.61 Å². The lowest BCUT2D eigenvalue weighted by Crippen LogP contribution is -2.27. The molecule has 0 aliphatic heterocycles. The first kappa shape index (κ1) is 11.7. The van der Waals surface area contributed by atoms with Gasteiger partial charge in [0.05, 0.1) is 12.2 Å². The van der Waals surface area contributed by atoms with Gasteiger partial charge in [-0.2, -0.15) is 0 Å². The van der Waals surface area contributed by atoms with Gasteiger partial charge in [-0.1, -0.05) is 12.9 Å². The van der Waals surface area contributed by atoms with Gasteiger partial charge >= 0.3 is 12.9 Å². The molecule has 1 aromatic carbocycles. The molecule has 1 N–H and O–H groups in total.